The highest BCUT2D eigenvalue weighted by Crippen LogP contribution is 2.27. The zero-order valence-corrected chi connectivity index (χ0v) is 38.1. The smallest absolute Gasteiger partial charge is 0.317 e. The molecule has 0 aliphatic carbocycles. The van der Waals surface area contributed by atoms with Gasteiger partial charge in [0.1, 0.15) is 34.6 Å². The van der Waals surface area contributed by atoms with Gasteiger partial charge in [-0.2, -0.15) is 8.42 Å². The van der Waals surface area contributed by atoms with Crippen LogP contribution in [0.1, 0.15) is 30.7 Å². The van der Waals surface area contributed by atoms with Gasteiger partial charge in [-0.05, 0) is 141 Å². The van der Waals surface area contributed by atoms with Crippen molar-refractivity contribution in [3.05, 3.63) is 156 Å². The fraction of sp³-hybridized carbons (Fsp3) is 0.280. The van der Waals surface area contributed by atoms with Crippen molar-refractivity contribution in [2.24, 2.45) is 5.73 Å². The number of amides is 4. The second-order valence-corrected chi connectivity index (χ2v) is 17.1. The van der Waals surface area contributed by atoms with E-state index in [9.17, 15) is 26.8 Å². The number of aryl methyl sites for hydroxylation is 1. The maximum absolute atomic E-state index is 13.0. The van der Waals surface area contributed by atoms with Crippen molar-refractivity contribution in [1.29, 1.82) is 0 Å². The van der Waals surface area contributed by atoms with E-state index in [0.29, 0.717) is 42.5 Å². The monoisotopic (exact) mass is 935 g/mol. The topological polar surface area (TPSA) is 178 Å². The Balaban J connectivity index is 0.000000188. The van der Waals surface area contributed by atoms with Crippen LogP contribution < -0.4 is 25.8 Å². The lowest BCUT2D eigenvalue weighted by molar-refractivity contribution is 0.216. The van der Waals surface area contributed by atoms with Crippen molar-refractivity contribution < 1.29 is 40.4 Å². The van der Waals surface area contributed by atoms with E-state index >= 15 is 0 Å². The quantitative estimate of drug-likeness (QED) is 0.0559. The largest absolute Gasteiger partial charge is 0.457 e. The molecule has 6 aromatic rings. The minimum atomic E-state index is -3.45. The van der Waals surface area contributed by atoms with Gasteiger partial charge in [0.15, 0.2) is 0 Å². The molecule has 4 aromatic carbocycles. The third kappa shape index (κ3) is 16.8. The average Bonchev–Trinajstić information content (AvgIpc) is 3.94. The summed E-state index contributed by atoms with van der Waals surface area (Å²) in [7, 11) is -3.45. The second-order valence-electron chi connectivity index (χ2n) is 15.5. The highest BCUT2D eigenvalue weighted by Gasteiger charge is 2.19. The lowest BCUT2D eigenvalue weighted by atomic mass is 10.1. The molecule has 4 N–H and O–H groups in total. The Morgan fingerprint density at radius 2 is 1.01 bits per heavy atom. The van der Waals surface area contributed by atoms with Crippen molar-refractivity contribution in [2.75, 3.05) is 58.7 Å². The summed E-state index contributed by atoms with van der Waals surface area (Å²) in [6, 6.07) is 38.6. The summed E-state index contributed by atoms with van der Waals surface area (Å²) in [5.74, 6) is 1.87. The first-order valence-electron chi connectivity index (χ1n) is 22.0. The van der Waals surface area contributed by atoms with Gasteiger partial charge < -0.3 is 35.6 Å². The molecule has 17 heteroatoms. The number of carbonyl (C=O) groups excluding carboxylic acids is 2. The predicted molar refractivity (Wildman–Crippen MR) is 253 cm³/mol. The molecule has 2 fully saturated rings. The third-order valence-corrected chi connectivity index (χ3v) is 10.9. The number of halogens is 2. The third-order valence-electron chi connectivity index (χ3n) is 10.3. The Labute approximate surface area is 390 Å². The van der Waals surface area contributed by atoms with Crippen molar-refractivity contribution in [3.8, 4) is 45.5 Å². The highest BCUT2D eigenvalue weighted by molar-refractivity contribution is 7.85. The summed E-state index contributed by atoms with van der Waals surface area (Å²) in [6.07, 6.45) is 5.48. The van der Waals surface area contributed by atoms with E-state index < -0.39 is 10.1 Å². The molecule has 2 aromatic heterocycles. The van der Waals surface area contributed by atoms with E-state index in [2.05, 4.69) is 21.7 Å². The SMILES string of the molecule is CS(=O)(=O)OCCc1cccc(-c2ccc(Oc3ccc(F)cc3)cc2)n1.NCCN1CCNC1=O.O=C1NCCN1CCCCCc1cccc(-c2ccc(Oc3ccc(F)cc3)cc2)n1. The van der Waals surface area contributed by atoms with Crippen molar-refractivity contribution in [3.63, 3.8) is 0 Å². The van der Waals surface area contributed by atoms with Gasteiger partial charge in [0, 0.05) is 74.7 Å². The summed E-state index contributed by atoms with van der Waals surface area (Å²) in [4.78, 5) is 35.2. The van der Waals surface area contributed by atoms with E-state index in [1.807, 2.05) is 71.6 Å². The molecule has 0 bridgehead atoms. The molecule has 0 spiro atoms. The van der Waals surface area contributed by atoms with Crippen LogP contribution in [-0.2, 0) is 27.1 Å². The number of nitrogens with two attached hydrogens (primary N) is 1. The van der Waals surface area contributed by atoms with Crippen LogP contribution in [0.25, 0.3) is 22.5 Å². The van der Waals surface area contributed by atoms with Crippen molar-refractivity contribution in [1.82, 2.24) is 30.4 Å². The molecule has 2 saturated heterocycles. The zero-order chi connectivity index (χ0) is 47.4. The van der Waals surface area contributed by atoms with Gasteiger partial charge in [-0.15, -0.1) is 0 Å². The minimum Gasteiger partial charge on any atom is -0.457 e. The van der Waals surface area contributed by atoms with Gasteiger partial charge in [0.05, 0.1) is 24.3 Å². The maximum Gasteiger partial charge on any atom is 0.317 e. The van der Waals surface area contributed by atoms with E-state index in [4.69, 9.17) is 24.4 Å². The molecule has 0 unspecified atom stereocenters. The number of carbonyl (C=O) groups is 2. The molecule has 0 saturated carbocycles. The van der Waals surface area contributed by atoms with Crippen molar-refractivity contribution in [2.45, 2.75) is 32.1 Å². The van der Waals surface area contributed by atoms with E-state index in [1.165, 1.54) is 24.3 Å². The van der Waals surface area contributed by atoms with Crippen LogP contribution in [0.15, 0.2) is 133 Å². The molecule has 8 rings (SSSR count). The van der Waals surface area contributed by atoms with Crippen molar-refractivity contribution >= 4 is 22.2 Å². The molecule has 4 heterocycles. The number of hydrogen-bond donors (Lipinski definition) is 3. The average molecular weight is 936 g/mol. The fourth-order valence-corrected chi connectivity index (χ4v) is 7.30. The Kier molecular flexibility index (Phi) is 18.5. The number of aromatic nitrogens is 2. The van der Waals surface area contributed by atoms with E-state index in [-0.39, 0.29) is 30.3 Å². The standard InChI is InChI=1S/C25H26FN3O2.C20H18FNO4S.C5H11N3O/c26-20-10-14-23(15-11-20)31-22-12-8-19(9-13-22)24-7-4-6-21(28-24)5-2-1-3-17-29-18-16-27-25(29)30;1-27(23,24)25-14-13-17-3-2-4-20(22-17)15-5-9-18(10-6-15)26-19-11-7-16(21)8-12-19;6-1-3-8-4-2-7-5(8)9/h4,6-15H,1-3,5,16-18H2,(H,27,30);2-12H,13-14H2,1H3;1-4,6H2,(H,7,9). The molecule has 4 amide bonds. The number of nitrogens with zero attached hydrogens (tertiary/aromatic N) is 4. The number of unbranched alkanes of at least 4 members (excludes halogenated alkanes) is 2. The molecule has 2 aliphatic heterocycles. The van der Waals surface area contributed by atoms with E-state index in [1.54, 1.807) is 41.3 Å². The van der Waals surface area contributed by atoms with Crippen LogP contribution in [0.3, 0.4) is 0 Å². The van der Waals surface area contributed by atoms with Crippen LogP contribution in [0.4, 0.5) is 18.4 Å². The Morgan fingerprint density at radius 3 is 1.43 bits per heavy atom. The second kappa shape index (κ2) is 25.1. The number of urea groups is 2. The Morgan fingerprint density at radius 1 is 0.582 bits per heavy atom. The predicted octanol–water partition coefficient (Wildman–Crippen LogP) is 8.59. The summed E-state index contributed by atoms with van der Waals surface area (Å²) >= 11 is 0. The van der Waals surface area contributed by atoms with E-state index in [0.717, 1.165) is 98.6 Å². The first kappa shape index (κ1) is 49.5. The highest BCUT2D eigenvalue weighted by atomic mass is 32.2. The number of benzene rings is 4. The van der Waals surface area contributed by atoms with Gasteiger partial charge in [-0.1, -0.05) is 18.6 Å². The molecule has 2 aliphatic rings. The number of nitrogens with one attached hydrogen (secondary N) is 2. The molecule has 14 nitrogen and oxygen atoms in total. The minimum absolute atomic E-state index is 0.0143. The van der Waals surface area contributed by atoms with Gasteiger partial charge in [-0.3, -0.25) is 14.2 Å². The first-order chi connectivity index (χ1) is 32.4. The molecular formula is C50H55F2N7O7S. The zero-order valence-electron chi connectivity index (χ0n) is 37.3. The number of pyridine rings is 2. The summed E-state index contributed by atoms with van der Waals surface area (Å²) in [6.45, 7) is 5.24. The maximum atomic E-state index is 13.0. The van der Waals surface area contributed by atoms with Crippen LogP contribution in [0.2, 0.25) is 0 Å². The molecular weight excluding hydrogens is 881 g/mol. The van der Waals surface area contributed by atoms with Gasteiger partial charge >= 0.3 is 12.1 Å². The molecule has 352 valence electrons. The summed E-state index contributed by atoms with van der Waals surface area (Å²) in [5.41, 5.74) is 10.7. The van der Waals surface area contributed by atoms with Gasteiger partial charge in [-0.25, -0.2) is 18.4 Å². The summed E-state index contributed by atoms with van der Waals surface area (Å²) < 4.78 is 64.2. The van der Waals surface area contributed by atoms with Crippen LogP contribution in [0, 0.1) is 11.6 Å². The number of rotatable bonds is 18. The lowest BCUT2D eigenvalue weighted by Crippen LogP contribution is -2.32. The Bertz CT molecular complexity index is 2610. The van der Waals surface area contributed by atoms with Crippen LogP contribution in [-0.4, -0.2) is 98.9 Å². The summed E-state index contributed by atoms with van der Waals surface area (Å²) in [5, 5.41) is 5.52. The van der Waals surface area contributed by atoms with Crippen LogP contribution >= 0.6 is 0 Å². The lowest BCUT2D eigenvalue weighted by Gasteiger charge is -2.13. The van der Waals surface area contributed by atoms with Gasteiger partial charge in [0.25, 0.3) is 10.1 Å². The van der Waals surface area contributed by atoms with Crippen LogP contribution in [0.5, 0.6) is 23.0 Å². The molecule has 0 atom stereocenters. The fourth-order valence-electron chi connectivity index (χ4n) is 6.91. The molecule has 0 radical (unpaired) electrons. The first-order valence-corrected chi connectivity index (χ1v) is 23.8. The number of hydrogen-bond acceptors (Lipinski definition) is 10. The van der Waals surface area contributed by atoms with Gasteiger partial charge in [0.2, 0.25) is 0 Å². The number of ether oxygens (including phenoxy) is 2. The normalized spacial score (nSPS) is 13.2. The Hall–Kier alpha value is -6.95. The molecule has 67 heavy (non-hydrogen) atoms.